The van der Waals surface area contributed by atoms with Gasteiger partial charge in [-0.2, -0.15) is 0 Å². The standard InChI is InChI=1S/C19H23N3O2.ClH/c1-3-21-19(24)15-8-10-17(13(2)12-15)22-18(23)11-9-14-6-4-5-7-16(14)20;/h4-8,10,12H,3,9,11,20H2,1-2H3,(H,21,24)(H,22,23);1H. The molecule has 2 amide bonds. The van der Waals surface area contributed by atoms with E-state index < -0.39 is 0 Å². The SMILES string of the molecule is CCNC(=O)c1ccc(NC(=O)CCc2ccccc2N)c(C)c1.Cl. The first-order chi connectivity index (χ1) is 11.5. The van der Waals surface area contributed by atoms with Crippen molar-refractivity contribution < 1.29 is 9.59 Å². The van der Waals surface area contributed by atoms with E-state index in [0.29, 0.717) is 36.3 Å². The summed E-state index contributed by atoms with van der Waals surface area (Å²) in [6.07, 6.45) is 0.945. The van der Waals surface area contributed by atoms with Crippen molar-refractivity contribution in [2.75, 3.05) is 17.6 Å². The first-order valence-electron chi connectivity index (χ1n) is 8.03. The average Bonchev–Trinajstić information content (AvgIpc) is 2.56. The third-order valence-electron chi connectivity index (χ3n) is 3.78. The number of carbonyl (C=O) groups is 2. The highest BCUT2D eigenvalue weighted by Crippen LogP contribution is 2.18. The molecule has 0 saturated carbocycles. The first-order valence-corrected chi connectivity index (χ1v) is 8.03. The van der Waals surface area contributed by atoms with E-state index in [1.807, 2.05) is 38.1 Å². The lowest BCUT2D eigenvalue weighted by molar-refractivity contribution is -0.116. The zero-order valence-corrected chi connectivity index (χ0v) is 15.3. The molecule has 0 fully saturated rings. The molecular formula is C19H24ClN3O2. The summed E-state index contributed by atoms with van der Waals surface area (Å²) in [4.78, 5) is 24.0. The molecule has 0 aliphatic rings. The Morgan fingerprint density at radius 2 is 1.84 bits per heavy atom. The molecule has 0 spiro atoms. The average molecular weight is 362 g/mol. The van der Waals surface area contributed by atoms with E-state index in [2.05, 4.69) is 10.6 Å². The van der Waals surface area contributed by atoms with Crippen molar-refractivity contribution >= 4 is 35.6 Å². The summed E-state index contributed by atoms with van der Waals surface area (Å²) >= 11 is 0. The van der Waals surface area contributed by atoms with Crippen LogP contribution in [0.1, 0.15) is 34.8 Å². The fourth-order valence-corrected chi connectivity index (χ4v) is 2.43. The van der Waals surface area contributed by atoms with Crippen LogP contribution in [-0.2, 0) is 11.2 Å². The molecule has 0 saturated heterocycles. The van der Waals surface area contributed by atoms with Crippen molar-refractivity contribution in [3.8, 4) is 0 Å². The molecule has 2 aromatic carbocycles. The van der Waals surface area contributed by atoms with Gasteiger partial charge in [-0.05, 0) is 55.7 Å². The summed E-state index contributed by atoms with van der Waals surface area (Å²) in [5, 5.41) is 5.64. The number of nitrogens with one attached hydrogen (secondary N) is 2. The highest BCUT2D eigenvalue weighted by molar-refractivity contribution is 5.96. The summed E-state index contributed by atoms with van der Waals surface area (Å²) in [7, 11) is 0. The Bertz CT molecular complexity index is 747. The molecule has 0 aromatic heterocycles. The fourth-order valence-electron chi connectivity index (χ4n) is 2.43. The van der Waals surface area contributed by atoms with Gasteiger partial charge in [-0.3, -0.25) is 9.59 Å². The predicted octanol–water partition coefficient (Wildman–Crippen LogP) is 3.32. The molecule has 0 heterocycles. The molecule has 134 valence electrons. The molecule has 4 N–H and O–H groups in total. The molecular weight excluding hydrogens is 338 g/mol. The molecule has 0 atom stereocenters. The van der Waals surface area contributed by atoms with Gasteiger partial charge in [0.15, 0.2) is 0 Å². The topological polar surface area (TPSA) is 84.2 Å². The van der Waals surface area contributed by atoms with Crippen LogP contribution in [-0.4, -0.2) is 18.4 Å². The molecule has 25 heavy (non-hydrogen) atoms. The highest BCUT2D eigenvalue weighted by atomic mass is 35.5. The Kier molecular flexibility index (Phi) is 7.95. The number of nitrogen functional groups attached to an aromatic ring is 1. The van der Waals surface area contributed by atoms with Crippen LogP contribution in [0.15, 0.2) is 42.5 Å². The molecule has 2 rings (SSSR count). The molecule has 2 aromatic rings. The fraction of sp³-hybridized carbons (Fsp3) is 0.263. The van der Waals surface area contributed by atoms with Gasteiger partial charge in [0, 0.05) is 29.9 Å². The highest BCUT2D eigenvalue weighted by Gasteiger charge is 2.09. The van der Waals surface area contributed by atoms with Gasteiger partial charge >= 0.3 is 0 Å². The third-order valence-corrected chi connectivity index (χ3v) is 3.78. The number of hydrogen-bond donors (Lipinski definition) is 3. The van der Waals surface area contributed by atoms with E-state index in [4.69, 9.17) is 5.73 Å². The third kappa shape index (κ3) is 5.80. The van der Waals surface area contributed by atoms with E-state index >= 15 is 0 Å². The zero-order valence-electron chi connectivity index (χ0n) is 14.5. The number of para-hydroxylation sites is 1. The minimum absolute atomic E-state index is 0. The van der Waals surface area contributed by atoms with Crippen molar-refractivity contribution in [2.45, 2.75) is 26.7 Å². The van der Waals surface area contributed by atoms with E-state index in [9.17, 15) is 9.59 Å². The van der Waals surface area contributed by atoms with Crippen molar-refractivity contribution in [3.63, 3.8) is 0 Å². The van der Waals surface area contributed by atoms with Crippen molar-refractivity contribution in [2.24, 2.45) is 0 Å². The Labute approximate surface area is 154 Å². The normalized spacial score (nSPS) is 9.84. The summed E-state index contributed by atoms with van der Waals surface area (Å²) in [5.74, 6) is -0.190. The van der Waals surface area contributed by atoms with E-state index in [1.165, 1.54) is 0 Å². The van der Waals surface area contributed by atoms with Crippen LogP contribution < -0.4 is 16.4 Å². The largest absolute Gasteiger partial charge is 0.399 e. The van der Waals surface area contributed by atoms with Gasteiger partial charge in [0.25, 0.3) is 5.91 Å². The minimum atomic E-state index is -0.113. The molecule has 0 bridgehead atoms. The van der Waals surface area contributed by atoms with E-state index in [0.717, 1.165) is 11.1 Å². The number of halogens is 1. The molecule has 0 aliphatic carbocycles. The second kappa shape index (κ2) is 9.69. The minimum Gasteiger partial charge on any atom is -0.399 e. The summed E-state index contributed by atoms with van der Waals surface area (Å²) in [6, 6.07) is 12.8. The van der Waals surface area contributed by atoms with Gasteiger partial charge in [0.1, 0.15) is 0 Å². The van der Waals surface area contributed by atoms with Crippen LogP contribution >= 0.6 is 12.4 Å². The number of aryl methyl sites for hydroxylation is 2. The maximum absolute atomic E-state index is 12.1. The van der Waals surface area contributed by atoms with Crippen molar-refractivity contribution in [3.05, 3.63) is 59.2 Å². The van der Waals surface area contributed by atoms with Gasteiger partial charge in [-0.15, -0.1) is 12.4 Å². The number of anilines is 2. The monoisotopic (exact) mass is 361 g/mol. The smallest absolute Gasteiger partial charge is 0.251 e. The Balaban J connectivity index is 0.00000312. The second-order valence-electron chi connectivity index (χ2n) is 5.64. The number of amides is 2. The van der Waals surface area contributed by atoms with Crippen LogP contribution in [0.5, 0.6) is 0 Å². The van der Waals surface area contributed by atoms with Crippen LogP contribution in [0.25, 0.3) is 0 Å². The molecule has 0 radical (unpaired) electrons. The van der Waals surface area contributed by atoms with Gasteiger partial charge in [0.2, 0.25) is 5.91 Å². The molecule has 6 heteroatoms. The Morgan fingerprint density at radius 1 is 1.12 bits per heavy atom. The Hall–Kier alpha value is -2.53. The van der Waals surface area contributed by atoms with Gasteiger partial charge in [-0.1, -0.05) is 18.2 Å². The second-order valence-corrected chi connectivity index (χ2v) is 5.64. The Morgan fingerprint density at radius 3 is 2.48 bits per heavy atom. The lowest BCUT2D eigenvalue weighted by atomic mass is 10.1. The summed E-state index contributed by atoms with van der Waals surface area (Å²) in [6.45, 7) is 4.32. The number of hydrogen-bond acceptors (Lipinski definition) is 3. The van der Waals surface area contributed by atoms with Crippen molar-refractivity contribution in [1.82, 2.24) is 5.32 Å². The number of benzene rings is 2. The maximum Gasteiger partial charge on any atom is 0.251 e. The van der Waals surface area contributed by atoms with E-state index in [-0.39, 0.29) is 24.2 Å². The van der Waals surface area contributed by atoms with Gasteiger partial charge < -0.3 is 16.4 Å². The molecule has 0 aliphatic heterocycles. The van der Waals surface area contributed by atoms with E-state index in [1.54, 1.807) is 18.2 Å². The predicted molar refractivity (Wildman–Crippen MR) is 104 cm³/mol. The number of rotatable bonds is 6. The number of carbonyl (C=O) groups excluding carboxylic acids is 2. The quantitative estimate of drug-likeness (QED) is 0.690. The lowest BCUT2D eigenvalue weighted by Gasteiger charge is -2.11. The van der Waals surface area contributed by atoms with Crippen LogP contribution in [0, 0.1) is 6.92 Å². The summed E-state index contributed by atoms with van der Waals surface area (Å²) < 4.78 is 0. The van der Waals surface area contributed by atoms with Gasteiger partial charge in [-0.25, -0.2) is 0 Å². The lowest BCUT2D eigenvalue weighted by Crippen LogP contribution is -2.22. The first kappa shape index (κ1) is 20.5. The molecule has 5 nitrogen and oxygen atoms in total. The van der Waals surface area contributed by atoms with Crippen LogP contribution in [0.3, 0.4) is 0 Å². The van der Waals surface area contributed by atoms with Crippen LogP contribution in [0.2, 0.25) is 0 Å². The summed E-state index contributed by atoms with van der Waals surface area (Å²) in [5.41, 5.74) is 9.71. The maximum atomic E-state index is 12.1. The van der Waals surface area contributed by atoms with Crippen LogP contribution in [0.4, 0.5) is 11.4 Å². The van der Waals surface area contributed by atoms with Gasteiger partial charge in [0.05, 0.1) is 0 Å². The molecule has 0 unspecified atom stereocenters. The zero-order chi connectivity index (χ0) is 17.5. The number of nitrogens with two attached hydrogens (primary N) is 1. The van der Waals surface area contributed by atoms with Crippen molar-refractivity contribution in [1.29, 1.82) is 0 Å².